The summed E-state index contributed by atoms with van der Waals surface area (Å²) in [6.45, 7) is -1.36. The van der Waals surface area contributed by atoms with Gasteiger partial charge >= 0.3 is 6.61 Å². The van der Waals surface area contributed by atoms with E-state index in [-0.39, 0.29) is 5.75 Å². The number of aromatic nitrogens is 3. The first-order valence-corrected chi connectivity index (χ1v) is 6.22. The molecule has 20 heavy (non-hydrogen) atoms. The van der Waals surface area contributed by atoms with E-state index in [2.05, 4.69) is 20.3 Å². The molecule has 0 atom stereocenters. The molecule has 0 spiro atoms. The molecule has 0 saturated carbocycles. The van der Waals surface area contributed by atoms with Crippen molar-refractivity contribution in [2.24, 2.45) is 7.05 Å². The summed E-state index contributed by atoms with van der Waals surface area (Å²) in [6.07, 6.45) is 2.44. The molecule has 0 radical (unpaired) electrons. The lowest BCUT2D eigenvalue weighted by Crippen LogP contribution is -2.18. The van der Waals surface area contributed by atoms with Gasteiger partial charge in [0.15, 0.2) is 0 Å². The SMILES string of the molecule is Cn1cnnc1CCNCc1ccc(OC(F)F)cc1. The van der Waals surface area contributed by atoms with Gasteiger partial charge in [-0.2, -0.15) is 8.78 Å². The van der Waals surface area contributed by atoms with E-state index in [0.717, 1.165) is 24.4 Å². The maximum absolute atomic E-state index is 12.0. The van der Waals surface area contributed by atoms with Crippen LogP contribution in [0.1, 0.15) is 11.4 Å². The molecule has 0 unspecified atom stereocenters. The standard InChI is InChI=1S/C13H16F2N4O/c1-19-9-17-18-12(19)6-7-16-8-10-2-4-11(5-3-10)20-13(14)15/h2-5,9,13,16H,6-8H2,1H3. The second kappa shape index (κ2) is 6.95. The lowest BCUT2D eigenvalue weighted by Gasteiger charge is -2.07. The molecule has 1 aromatic carbocycles. The average molecular weight is 282 g/mol. The van der Waals surface area contributed by atoms with E-state index < -0.39 is 6.61 Å². The van der Waals surface area contributed by atoms with Gasteiger partial charge in [-0.3, -0.25) is 0 Å². The molecule has 108 valence electrons. The van der Waals surface area contributed by atoms with E-state index in [1.807, 2.05) is 11.6 Å². The number of benzene rings is 1. The molecule has 0 aliphatic heterocycles. The molecule has 2 aromatic rings. The van der Waals surface area contributed by atoms with Crippen LogP contribution in [0.2, 0.25) is 0 Å². The van der Waals surface area contributed by atoms with Crippen molar-refractivity contribution in [3.63, 3.8) is 0 Å². The van der Waals surface area contributed by atoms with Crippen LogP contribution in [0.25, 0.3) is 0 Å². The van der Waals surface area contributed by atoms with E-state index in [0.29, 0.717) is 6.54 Å². The summed E-state index contributed by atoms with van der Waals surface area (Å²) >= 11 is 0. The number of hydrogen-bond donors (Lipinski definition) is 1. The minimum atomic E-state index is -2.79. The maximum Gasteiger partial charge on any atom is 0.387 e. The van der Waals surface area contributed by atoms with Gasteiger partial charge in [0.1, 0.15) is 17.9 Å². The monoisotopic (exact) mass is 282 g/mol. The first kappa shape index (κ1) is 14.4. The topological polar surface area (TPSA) is 52.0 Å². The summed E-state index contributed by atoms with van der Waals surface area (Å²) in [5.74, 6) is 1.08. The predicted molar refractivity (Wildman–Crippen MR) is 69.5 cm³/mol. The van der Waals surface area contributed by atoms with E-state index in [4.69, 9.17) is 0 Å². The Balaban J connectivity index is 1.73. The van der Waals surface area contributed by atoms with Crippen LogP contribution in [0.5, 0.6) is 5.75 Å². The molecule has 0 amide bonds. The zero-order valence-electron chi connectivity index (χ0n) is 11.1. The Kier molecular flexibility index (Phi) is 5.00. The Labute approximate surface area is 115 Å². The van der Waals surface area contributed by atoms with Crippen LogP contribution >= 0.6 is 0 Å². The lowest BCUT2D eigenvalue weighted by atomic mass is 10.2. The number of alkyl halides is 2. The molecule has 2 rings (SSSR count). The van der Waals surface area contributed by atoms with Crippen molar-refractivity contribution < 1.29 is 13.5 Å². The first-order chi connectivity index (χ1) is 9.65. The molecule has 0 aliphatic rings. The number of nitrogens with one attached hydrogen (secondary N) is 1. The second-order valence-electron chi connectivity index (χ2n) is 4.31. The fourth-order valence-corrected chi connectivity index (χ4v) is 1.76. The number of rotatable bonds is 7. The lowest BCUT2D eigenvalue weighted by molar-refractivity contribution is -0.0498. The molecule has 7 heteroatoms. The molecular weight excluding hydrogens is 266 g/mol. The third kappa shape index (κ3) is 4.27. The maximum atomic E-state index is 12.0. The van der Waals surface area contributed by atoms with Crippen molar-refractivity contribution in [3.8, 4) is 5.75 Å². The highest BCUT2D eigenvalue weighted by molar-refractivity contribution is 5.27. The quantitative estimate of drug-likeness (QED) is 0.786. The molecule has 1 aromatic heterocycles. The largest absolute Gasteiger partial charge is 0.435 e. The molecule has 5 nitrogen and oxygen atoms in total. The third-order valence-corrected chi connectivity index (χ3v) is 2.81. The van der Waals surface area contributed by atoms with Gasteiger partial charge in [-0.05, 0) is 17.7 Å². The molecule has 0 bridgehead atoms. The second-order valence-corrected chi connectivity index (χ2v) is 4.31. The fourth-order valence-electron chi connectivity index (χ4n) is 1.76. The Morgan fingerprint density at radius 3 is 2.65 bits per heavy atom. The minimum Gasteiger partial charge on any atom is -0.435 e. The van der Waals surface area contributed by atoms with Crippen molar-refractivity contribution in [1.82, 2.24) is 20.1 Å². The predicted octanol–water partition coefficient (Wildman–Crippen LogP) is 1.75. The van der Waals surface area contributed by atoms with Crippen molar-refractivity contribution >= 4 is 0 Å². The highest BCUT2D eigenvalue weighted by Gasteiger charge is 2.04. The molecule has 1 heterocycles. The Hall–Kier alpha value is -2.02. The van der Waals surface area contributed by atoms with Crippen molar-refractivity contribution in [2.75, 3.05) is 6.54 Å². The summed E-state index contributed by atoms with van der Waals surface area (Å²) in [6, 6.07) is 6.58. The van der Waals surface area contributed by atoms with Crippen molar-refractivity contribution in [2.45, 2.75) is 19.6 Å². The summed E-state index contributed by atoms with van der Waals surface area (Å²) in [5.41, 5.74) is 1.00. The molecule has 1 N–H and O–H groups in total. The Morgan fingerprint density at radius 2 is 2.05 bits per heavy atom. The summed E-state index contributed by atoms with van der Waals surface area (Å²) in [5, 5.41) is 11.0. The van der Waals surface area contributed by atoms with Gasteiger partial charge in [-0.25, -0.2) is 0 Å². The molecular formula is C13H16F2N4O. The van der Waals surface area contributed by atoms with Crippen LogP contribution in [0.15, 0.2) is 30.6 Å². The minimum absolute atomic E-state index is 0.169. The van der Waals surface area contributed by atoms with Gasteiger partial charge in [0.2, 0.25) is 0 Å². The normalized spacial score (nSPS) is 11.0. The zero-order valence-corrected chi connectivity index (χ0v) is 11.1. The van der Waals surface area contributed by atoms with Crippen LogP contribution in [-0.2, 0) is 20.0 Å². The van der Waals surface area contributed by atoms with Crippen LogP contribution in [0.4, 0.5) is 8.78 Å². The van der Waals surface area contributed by atoms with Crippen LogP contribution in [0, 0.1) is 0 Å². The number of hydrogen-bond acceptors (Lipinski definition) is 4. The molecule has 0 saturated heterocycles. The summed E-state index contributed by atoms with van der Waals surface area (Å²) < 4.78 is 30.1. The smallest absolute Gasteiger partial charge is 0.387 e. The average Bonchev–Trinajstić information content (AvgIpc) is 2.82. The first-order valence-electron chi connectivity index (χ1n) is 6.22. The van der Waals surface area contributed by atoms with Gasteiger partial charge < -0.3 is 14.6 Å². The van der Waals surface area contributed by atoms with Crippen molar-refractivity contribution in [3.05, 3.63) is 42.0 Å². The van der Waals surface area contributed by atoms with Gasteiger partial charge in [-0.1, -0.05) is 12.1 Å². The summed E-state index contributed by atoms with van der Waals surface area (Å²) in [7, 11) is 1.90. The molecule has 0 aliphatic carbocycles. The van der Waals surface area contributed by atoms with Gasteiger partial charge in [-0.15, -0.1) is 10.2 Å². The van der Waals surface area contributed by atoms with Crippen LogP contribution in [0.3, 0.4) is 0 Å². The molecule has 0 fully saturated rings. The van der Waals surface area contributed by atoms with Gasteiger partial charge in [0, 0.05) is 26.6 Å². The Morgan fingerprint density at radius 1 is 1.30 bits per heavy atom. The fraction of sp³-hybridized carbons (Fsp3) is 0.385. The Bertz CT molecular complexity index is 527. The van der Waals surface area contributed by atoms with E-state index in [9.17, 15) is 8.78 Å². The van der Waals surface area contributed by atoms with Crippen LogP contribution < -0.4 is 10.1 Å². The number of halogens is 2. The van der Waals surface area contributed by atoms with Crippen LogP contribution in [-0.4, -0.2) is 27.9 Å². The number of ether oxygens (including phenoxy) is 1. The third-order valence-electron chi connectivity index (χ3n) is 2.81. The highest BCUT2D eigenvalue weighted by atomic mass is 19.3. The summed E-state index contributed by atoms with van der Waals surface area (Å²) in [4.78, 5) is 0. The van der Waals surface area contributed by atoms with Gasteiger partial charge in [0.25, 0.3) is 0 Å². The van der Waals surface area contributed by atoms with E-state index in [1.165, 1.54) is 12.1 Å². The van der Waals surface area contributed by atoms with E-state index in [1.54, 1.807) is 18.5 Å². The van der Waals surface area contributed by atoms with Crippen molar-refractivity contribution in [1.29, 1.82) is 0 Å². The number of aryl methyl sites for hydroxylation is 1. The van der Waals surface area contributed by atoms with Gasteiger partial charge in [0.05, 0.1) is 0 Å². The highest BCUT2D eigenvalue weighted by Crippen LogP contribution is 2.14. The zero-order chi connectivity index (χ0) is 14.4. The number of nitrogens with zero attached hydrogens (tertiary/aromatic N) is 3. The van der Waals surface area contributed by atoms with E-state index >= 15 is 0 Å².